The lowest BCUT2D eigenvalue weighted by molar-refractivity contribution is -0.384. The standard InChI is InChI=1S/C20H17ClN4O7/c1-20(11-2-5-15-16(8-11)32-7-6-31-15)18(27)24(19(28)23-20)10-17(26)22-12-3-4-13(21)14(9-12)25(29)30/h2-5,8-9H,6-7,10H2,1H3,(H,22,26)(H,23,28)/t20-/m1/s1. The summed E-state index contributed by atoms with van der Waals surface area (Å²) in [7, 11) is 0. The summed E-state index contributed by atoms with van der Waals surface area (Å²) < 4.78 is 11.0. The van der Waals surface area contributed by atoms with Gasteiger partial charge >= 0.3 is 6.03 Å². The fourth-order valence-corrected chi connectivity index (χ4v) is 3.65. The van der Waals surface area contributed by atoms with Crippen LogP contribution in [0.3, 0.4) is 0 Å². The lowest BCUT2D eigenvalue weighted by atomic mass is 9.91. The molecular weight excluding hydrogens is 444 g/mol. The van der Waals surface area contributed by atoms with Crippen LogP contribution in [0.5, 0.6) is 11.5 Å². The van der Waals surface area contributed by atoms with Crippen molar-refractivity contribution in [3.05, 3.63) is 57.1 Å². The molecule has 0 unspecified atom stereocenters. The van der Waals surface area contributed by atoms with Gasteiger partial charge in [0.05, 0.1) is 4.92 Å². The van der Waals surface area contributed by atoms with Gasteiger partial charge in [-0.1, -0.05) is 17.7 Å². The minimum atomic E-state index is -1.41. The molecule has 0 bridgehead atoms. The Labute approximate surface area is 186 Å². The second-order valence-corrected chi connectivity index (χ2v) is 7.68. The molecule has 12 heteroatoms. The van der Waals surface area contributed by atoms with Crippen LogP contribution in [0.4, 0.5) is 16.2 Å². The molecule has 1 fully saturated rings. The molecule has 2 N–H and O–H groups in total. The number of hydrogen-bond acceptors (Lipinski definition) is 7. The lowest BCUT2D eigenvalue weighted by Gasteiger charge is -2.25. The number of urea groups is 1. The molecular formula is C20H17ClN4O7. The number of nitrogens with one attached hydrogen (secondary N) is 2. The molecule has 2 aliphatic rings. The average Bonchev–Trinajstić information content (AvgIpc) is 2.98. The Morgan fingerprint density at radius 2 is 1.94 bits per heavy atom. The molecule has 0 saturated carbocycles. The Morgan fingerprint density at radius 3 is 2.66 bits per heavy atom. The van der Waals surface area contributed by atoms with E-state index in [4.69, 9.17) is 21.1 Å². The molecule has 2 heterocycles. The predicted molar refractivity (Wildman–Crippen MR) is 112 cm³/mol. The van der Waals surface area contributed by atoms with Crippen LogP contribution in [0.1, 0.15) is 12.5 Å². The Bertz CT molecular complexity index is 1150. The number of carbonyl (C=O) groups is 3. The molecule has 1 saturated heterocycles. The van der Waals surface area contributed by atoms with E-state index in [2.05, 4.69) is 10.6 Å². The minimum absolute atomic E-state index is 0.0858. The molecule has 4 rings (SSSR count). The largest absolute Gasteiger partial charge is 0.486 e. The summed E-state index contributed by atoms with van der Waals surface area (Å²) in [5.74, 6) is -0.348. The van der Waals surface area contributed by atoms with Crippen LogP contribution < -0.4 is 20.1 Å². The van der Waals surface area contributed by atoms with Crippen molar-refractivity contribution in [1.29, 1.82) is 0 Å². The number of nitro benzene ring substituents is 1. The maximum Gasteiger partial charge on any atom is 0.325 e. The number of nitro groups is 1. The summed E-state index contributed by atoms with van der Waals surface area (Å²) in [6.07, 6.45) is 0. The zero-order valence-corrected chi connectivity index (χ0v) is 17.5. The lowest BCUT2D eigenvalue weighted by Crippen LogP contribution is -2.42. The molecule has 0 spiro atoms. The third kappa shape index (κ3) is 3.78. The molecule has 2 aromatic carbocycles. The van der Waals surface area contributed by atoms with Crippen molar-refractivity contribution in [2.75, 3.05) is 25.1 Å². The normalized spacial score (nSPS) is 19.5. The zero-order valence-electron chi connectivity index (χ0n) is 16.7. The number of hydrogen-bond donors (Lipinski definition) is 2. The van der Waals surface area contributed by atoms with E-state index in [-0.39, 0.29) is 16.4 Å². The number of rotatable bonds is 5. The van der Waals surface area contributed by atoms with E-state index in [1.807, 2.05) is 0 Å². The van der Waals surface area contributed by atoms with Gasteiger partial charge in [0.25, 0.3) is 11.6 Å². The van der Waals surface area contributed by atoms with E-state index < -0.39 is 34.9 Å². The summed E-state index contributed by atoms with van der Waals surface area (Å²) in [4.78, 5) is 49.1. The van der Waals surface area contributed by atoms with Gasteiger partial charge in [-0.3, -0.25) is 24.6 Å². The van der Waals surface area contributed by atoms with E-state index in [1.165, 1.54) is 19.1 Å². The van der Waals surface area contributed by atoms with E-state index in [9.17, 15) is 24.5 Å². The van der Waals surface area contributed by atoms with Gasteiger partial charge in [-0.05, 0) is 36.8 Å². The molecule has 2 aromatic rings. The van der Waals surface area contributed by atoms with E-state index in [0.29, 0.717) is 30.3 Å². The monoisotopic (exact) mass is 460 g/mol. The zero-order chi connectivity index (χ0) is 23.0. The average molecular weight is 461 g/mol. The molecule has 1 atom stereocenters. The molecule has 32 heavy (non-hydrogen) atoms. The van der Waals surface area contributed by atoms with E-state index >= 15 is 0 Å². The second-order valence-electron chi connectivity index (χ2n) is 7.28. The second kappa shape index (κ2) is 8.00. The topological polar surface area (TPSA) is 140 Å². The maximum atomic E-state index is 13.1. The van der Waals surface area contributed by atoms with Crippen molar-refractivity contribution < 1.29 is 28.8 Å². The number of imide groups is 1. The molecule has 4 amide bonds. The number of fused-ring (bicyclic) bond motifs is 1. The first-order chi connectivity index (χ1) is 15.2. The molecule has 0 radical (unpaired) electrons. The Kier molecular flexibility index (Phi) is 5.35. The highest BCUT2D eigenvalue weighted by Crippen LogP contribution is 2.37. The number of ether oxygens (including phenoxy) is 2. The summed E-state index contributed by atoms with van der Waals surface area (Å²) in [5, 5.41) is 16.0. The van der Waals surface area contributed by atoms with Gasteiger partial charge in [-0.15, -0.1) is 0 Å². The smallest absolute Gasteiger partial charge is 0.325 e. The van der Waals surface area contributed by atoms with Crippen LogP contribution in [0.25, 0.3) is 0 Å². The van der Waals surface area contributed by atoms with Crippen LogP contribution in [0.2, 0.25) is 5.02 Å². The highest BCUT2D eigenvalue weighted by Gasteiger charge is 2.49. The molecule has 0 aliphatic carbocycles. The van der Waals surface area contributed by atoms with Crippen LogP contribution in [0.15, 0.2) is 36.4 Å². The number of anilines is 1. The number of carbonyl (C=O) groups excluding carboxylic acids is 3. The fourth-order valence-electron chi connectivity index (χ4n) is 3.47. The maximum absolute atomic E-state index is 13.1. The Balaban J connectivity index is 1.50. The van der Waals surface area contributed by atoms with Gasteiger partial charge in [-0.25, -0.2) is 4.79 Å². The van der Waals surface area contributed by atoms with Crippen LogP contribution in [-0.4, -0.2) is 47.4 Å². The van der Waals surface area contributed by atoms with Crippen molar-refractivity contribution in [2.45, 2.75) is 12.5 Å². The fraction of sp³-hybridized carbons (Fsp3) is 0.250. The first kappa shape index (κ1) is 21.4. The van der Waals surface area contributed by atoms with Gasteiger partial charge in [-0.2, -0.15) is 0 Å². The van der Waals surface area contributed by atoms with Crippen molar-refractivity contribution in [1.82, 2.24) is 10.2 Å². The number of amides is 4. The van der Waals surface area contributed by atoms with Crippen LogP contribution in [0, 0.1) is 10.1 Å². The quantitative estimate of drug-likeness (QED) is 0.396. The van der Waals surface area contributed by atoms with Crippen molar-refractivity contribution in [3.63, 3.8) is 0 Å². The number of benzene rings is 2. The van der Waals surface area contributed by atoms with E-state index in [0.717, 1.165) is 11.0 Å². The van der Waals surface area contributed by atoms with Gasteiger partial charge in [0, 0.05) is 11.8 Å². The highest BCUT2D eigenvalue weighted by molar-refractivity contribution is 6.32. The SMILES string of the molecule is C[C@]1(c2ccc3c(c2)OCCO3)NC(=O)N(CC(=O)Nc2ccc(Cl)c([N+](=O)[O-])c2)C1=O. The van der Waals surface area contributed by atoms with Crippen molar-refractivity contribution >= 4 is 40.8 Å². The first-order valence-corrected chi connectivity index (χ1v) is 9.85. The highest BCUT2D eigenvalue weighted by atomic mass is 35.5. The van der Waals surface area contributed by atoms with E-state index in [1.54, 1.807) is 18.2 Å². The predicted octanol–water partition coefficient (Wildman–Crippen LogP) is 2.43. The van der Waals surface area contributed by atoms with Gasteiger partial charge in [0.1, 0.15) is 30.3 Å². The summed E-state index contributed by atoms with van der Waals surface area (Å²) in [6.45, 7) is 1.72. The van der Waals surface area contributed by atoms with Gasteiger partial charge < -0.3 is 20.1 Å². The van der Waals surface area contributed by atoms with Crippen molar-refractivity contribution in [3.8, 4) is 11.5 Å². The summed E-state index contributed by atoms with van der Waals surface area (Å²) in [5.41, 5.74) is -1.22. The van der Waals surface area contributed by atoms with Gasteiger partial charge in [0.2, 0.25) is 5.91 Å². The number of nitrogens with zero attached hydrogens (tertiary/aromatic N) is 2. The summed E-state index contributed by atoms with van der Waals surface area (Å²) in [6, 6.07) is 7.89. The molecule has 11 nitrogen and oxygen atoms in total. The molecule has 0 aromatic heterocycles. The minimum Gasteiger partial charge on any atom is -0.486 e. The number of halogens is 1. The van der Waals surface area contributed by atoms with Gasteiger partial charge in [0.15, 0.2) is 11.5 Å². The Morgan fingerprint density at radius 1 is 1.22 bits per heavy atom. The molecule has 2 aliphatic heterocycles. The first-order valence-electron chi connectivity index (χ1n) is 9.47. The summed E-state index contributed by atoms with van der Waals surface area (Å²) >= 11 is 5.76. The molecule has 166 valence electrons. The Hall–Kier alpha value is -3.86. The van der Waals surface area contributed by atoms with Crippen LogP contribution >= 0.6 is 11.6 Å². The van der Waals surface area contributed by atoms with Crippen molar-refractivity contribution in [2.24, 2.45) is 0 Å². The third-order valence-electron chi connectivity index (χ3n) is 5.12. The van der Waals surface area contributed by atoms with Crippen LogP contribution in [-0.2, 0) is 15.1 Å². The third-order valence-corrected chi connectivity index (χ3v) is 5.44.